The lowest BCUT2D eigenvalue weighted by atomic mass is 9.82. The van der Waals surface area contributed by atoms with Gasteiger partial charge in [-0.25, -0.2) is 4.98 Å². The highest BCUT2D eigenvalue weighted by atomic mass is 16.3. The van der Waals surface area contributed by atoms with Crippen LogP contribution < -0.4 is 0 Å². The summed E-state index contributed by atoms with van der Waals surface area (Å²) in [6.07, 6.45) is 0. The number of aromatic nitrogens is 4. The Bertz CT molecular complexity index is 2720. The van der Waals surface area contributed by atoms with Crippen LogP contribution in [-0.2, 0) is 5.41 Å². The van der Waals surface area contributed by atoms with E-state index in [0.29, 0.717) is 17.6 Å². The van der Waals surface area contributed by atoms with E-state index in [1.54, 1.807) is 0 Å². The molecule has 9 aromatic rings. The molecule has 47 heavy (non-hydrogen) atoms. The van der Waals surface area contributed by atoms with Crippen LogP contribution in [0, 0.1) is 0 Å². The van der Waals surface area contributed by atoms with Crippen molar-refractivity contribution in [1.82, 2.24) is 19.5 Å². The SMILES string of the molecule is CC1(C)c2ccccc2-c2c1ccc1c2c2ccccc2n1-c1nc(-c2ccccc2)nc(-c2cccc3oc4ccccc4c23)n1. The number of hydrogen-bond acceptors (Lipinski definition) is 4. The summed E-state index contributed by atoms with van der Waals surface area (Å²) in [6, 6.07) is 46.4. The van der Waals surface area contributed by atoms with E-state index >= 15 is 0 Å². The van der Waals surface area contributed by atoms with Gasteiger partial charge in [-0.3, -0.25) is 4.57 Å². The molecule has 0 amide bonds. The zero-order chi connectivity index (χ0) is 31.3. The summed E-state index contributed by atoms with van der Waals surface area (Å²) in [5.74, 6) is 1.80. The normalized spacial score (nSPS) is 13.5. The van der Waals surface area contributed by atoms with Gasteiger partial charge in [0.25, 0.3) is 0 Å². The van der Waals surface area contributed by atoms with Crippen LogP contribution in [0.25, 0.3) is 83.6 Å². The van der Waals surface area contributed by atoms with E-state index in [9.17, 15) is 0 Å². The molecule has 0 atom stereocenters. The fraction of sp³-hybridized carbons (Fsp3) is 0.0714. The standard InChI is InChI=1S/C42H28N4O/c1-42(2)30-19-9-6-15-26(30)37-31(42)23-24-33-38(37)27-16-7-10-20-32(27)46(33)41-44-39(25-13-4-3-5-14-25)43-40(45-41)29-18-12-22-35-36(29)28-17-8-11-21-34(28)47-35/h3-24H,1-2H3. The molecule has 5 nitrogen and oxygen atoms in total. The van der Waals surface area contributed by atoms with Crippen LogP contribution in [0.2, 0.25) is 0 Å². The van der Waals surface area contributed by atoms with Gasteiger partial charge in [0.05, 0.1) is 11.0 Å². The summed E-state index contributed by atoms with van der Waals surface area (Å²) in [4.78, 5) is 15.6. The molecule has 3 heterocycles. The van der Waals surface area contributed by atoms with Crippen LogP contribution >= 0.6 is 0 Å². The number of nitrogens with zero attached hydrogens (tertiary/aromatic N) is 4. The van der Waals surface area contributed by atoms with Crippen LogP contribution in [0.4, 0.5) is 0 Å². The third kappa shape index (κ3) is 3.62. The molecule has 0 aliphatic heterocycles. The van der Waals surface area contributed by atoms with Gasteiger partial charge in [0.1, 0.15) is 11.2 Å². The third-order valence-electron chi connectivity index (χ3n) is 9.88. The zero-order valence-corrected chi connectivity index (χ0v) is 25.9. The second-order valence-electron chi connectivity index (χ2n) is 12.8. The van der Waals surface area contributed by atoms with Crippen molar-refractivity contribution in [3.05, 3.63) is 145 Å². The fourth-order valence-corrected chi connectivity index (χ4v) is 7.73. The van der Waals surface area contributed by atoms with Gasteiger partial charge in [0, 0.05) is 38.1 Å². The summed E-state index contributed by atoms with van der Waals surface area (Å²) >= 11 is 0. The summed E-state index contributed by atoms with van der Waals surface area (Å²) in [5, 5.41) is 4.44. The molecule has 1 aliphatic carbocycles. The van der Waals surface area contributed by atoms with E-state index in [1.807, 2.05) is 48.5 Å². The second-order valence-corrected chi connectivity index (χ2v) is 12.8. The largest absolute Gasteiger partial charge is 0.456 e. The molecule has 0 spiro atoms. The maximum atomic E-state index is 6.26. The second kappa shape index (κ2) is 9.47. The van der Waals surface area contributed by atoms with Crippen molar-refractivity contribution >= 4 is 43.7 Å². The van der Waals surface area contributed by atoms with Crippen LogP contribution in [0.5, 0.6) is 0 Å². The molecule has 3 aromatic heterocycles. The van der Waals surface area contributed by atoms with Crippen molar-refractivity contribution in [1.29, 1.82) is 0 Å². The molecule has 1 aliphatic rings. The molecule has 0 fully saturated rings. The van der Waals surface area contributed by atoms with Crippen molar-refractivity contribution in [2.24, 2.45) is 0 Å². The average molecular weight is 605 g/mol. The van der Waals surface area contributed by atoms with Gasteiger partial charge in [0.15, 0.2) is 11.6 Å². The van der Waals surface area contributed by atoms with Gasteiger partial charge in [-0.2, -0.15) is 9.97 Å². The number of fused-ring (bicyclic) bond motifs is 10. The quantitative estimate of drug-likeness (QED) is 0.201. The van der Waals surface area contributed by atoms with E-state index < -0.39 is 0 Å². The predicted octanol–water partition coefficient (Wildman–Crippen LogP) is 10.5. The molecule has 0 bridgehead atoms. The summed E-state index contributed by atoms with van der Waals surface area (Å²) in [7, 11) is 0. The number of furan rings is 1. The van der Waals surface area contributed by atoms with Gasteiger partial charge in [-0.15, -0.1) is 0 Å². The number of rotatable bonds is 3. The Hall–Kier alpha value is -6.07. The van der Waals surface area contributed by atoms with E-state index in [4.69, 9.17) is 19.4 Å². The summed E-state index contributed by atoms with van der Waals surface area (Å²) in [6.45, 7) is 4.65. The van der Waals surface area contributed by atoms with Crippen molar-refractivity contribution in [2.75, 3.05) is 0 Å². The molecule has 6 aromatic carbocycles. The van der Waals surface area contributed by atoms with E-state index in [-0.39, 0.29) is 5.41 Å². The van der Waals surface area contributed by atoms with Gasteiger partial charge < -0.3 is 4.42 Å². The number of para-hydroxylation sites is 2. The molecule has 5 heteroatoms. The first kappa shape index (κ1) is 26.2. The highest BCUT2D eigenvalue weighted by Gasteiger charge is 2.37. The summed E-state index contributed by atoms with van der Waals surface area (Å²) < 4.78 is 8.47. The van der Waals surface area contributed by atoms with E-state index in [0.717, 1.165) is 44.1 Å². The van der Waals surface area contributed by atoms with Crippen LogP contribution in [0.1, 0.15) is 25.0 Å². The van der Waals surface area contributed by atoms with Gasteiger partial charge >= 0.3 is 0 Å². The molecular formula is C42H28N4O. The van der Waals surface area contributed by atoms with Crippen molar-refractivity contribution in [2.45, 2.75) is 19.3 Å². The van der Waals surface area contributed by atoms with Crippen LogP contribution in [0.15, 0.2) is 138 Å². The Morgan fingerprint density at radius 3 is 2.11 bits per heavy atom. The van der Waals surface area contributed by atoms with Crippen LogP contribution in [-0.4, -0.2) is 19.5 Å². The molecule has 10 rings (SSSR count). The zero-order valence-electron chi connectivity index (χ0n) is 25.9. The molecular weight excluding hydrogens is 576 g/mol. The third-order valence-corrected chi connectivity index (χ3v) is 9.88. The number of benzene rings is 6. The highest BCUT2D eigenvalue weighted by molar-refractivity contribution is 6.18. The van der Waals surface area contributed by atoms with Crippen LogP contribution in [0.3, 0.4) is 0 Å². The Kier molecular flexibility index (Phi) is 5.28. The topological polar surface area (TPSA) is 56.7 Å². The molecule has 0 N–H and O–H groups in total. The maximum Gasteiger partial charge on any atom is 0.238 e. The van der Waals surface area contributed by atoms with Gasteiger partial charge in [-0.05, 0) is 46.5 Å². The first-order valence-electron chi connectivity index (χ1n) is 16.0. The van der Waals surface area contributed by atoms with Crippen molar-refractivity contribution in [3.8, 4) is 39.9 Å². The first-order valence-corrected chi connectivity index (χ1v) is 16.0. The Balaban J connectivity index is 1.32. The smallest absolute Gasteiger partial charge is 0.238 e. The van der Waals surface area contributed by atoms with Crippen molar-refractivity contribution < 1.29 is 4.42 Å². The molecule has 222 valence electrons. The Morgan fingerprint density at radius 1 is 0.511 bits per heavy atom. The highest BCUT2D eigenvalue weighted by Crippen LogP contribution is 2.53. The van der Waals surface area contributed by atoms with Crippen molar-refractivity contribution in [3.63, 3.8) is 0 Å². The predicted molar refractivity (Wildman–Crippen MR) is 190 cm³/mol. The minimum absolute atomic E-state index is 0.101. The first-order chi connectivity index (χ1) is 23.1. The lowest BCUT2D eigenvalue weighted by molar-refractivity contribution is 0.661. The van der Waals surface area contributed by atoms with Gasteiger partial charge in [-0.1, -0.05) is 123 Å². The Labute approximate surface area is 270 Å². The summed E-state index contributed by atoms with van der Waals surface area (Å²) in [5.41, 5.74) is 10.8. The number of hydrogen-bond donors (Lipinski definition) is 0. The minimum atomic E-state index is -0.101. The Morgan fingerprint density at radius 2 is 1.21 bits per heavy atom. The van der Waals surface area contributed by atoms with E-state index in [1.165, 1.54) is 33.0 Å². The molecule has 0 radical (unpaired) electrons. The molecule has 0 saturated carbocycles. The molecule has 0 unspecified atom stereocenters. The minimum Gasteiger partial charge on any atom is -0.456 e. The fourth-order valence-electron chi connectivity index (χ4n) is 7.73. The van der Waals surface area contributed by atoms with E-state index in [2.05, 4.69) is 103 Å². The lowest BCUT2D eigenvalue weighted by Crippen LogP contribution is -2.14. The monoisotopic (exact) mass is 604 g/mol. The lowest BCUT2D eigenvalue weighted by Gasteiger charge is -2.21. The average Bonchev–Trinajstić information content (AvgIpc) is 3.74. The molecule has 0 saturated heterocycles. The van der Waals surface area contributed by atoms with Gasteiger partial charge in [0.2, 0.25) is 5.95 Å². The maximum absolute atomic E-state index is 6.26.